The molecule has 82 valence electrons. The van der Waals surface area contributed by atoms with Gasteiger partial charge in [-0.1, -0.05) is 19.1 Å². The monoisotopic (exact) mass is 209 g/mol. The van der Waals surface area contributed by atoms with Crippen molar-refractivity contribution >= 4 is 11.7 Å². The van der Waals surface area contributed by atoms with Crippen LogP contribution in [0, 0.1) is 0 Å². The number of nitrogen functional groups attached to an aromatic ring is 1. The van der Waals surface area contributed by atoms with Crippen LogP contribution in [0.3, 0.4) is 0 Å². The van der Waals surface area contributed by atoms with Crippen molar-refractivity contribution < 1.29 is 14.6 Å². The fourth-order valence-electron chi connectivity index (χ4n) is 1.57. The molecule has 0 bridgehead atoms. The smallest absolute Gasteiger partial charge is 0.311 e. The van der Waals surface area contributed by atoms with Gasteiger partial charge >= 0.3 is 5.97 Å². The zero-order chi connectivity index (χ0) is 11.4. The zero-order valence-corrected chi connectivity index (χ0v) is 8.86. The highest BCUT2D eigenvalue weighted by Gasteiger charge is 2.21. The quantitative estimate of drug-likeness (QED) is 0.742. The van der Waals surface area contributed by atoms with Crippen LogP contribution in [-0.4, -0.2) is 18.2 Å². The second-order valence-electron chi connectivity index (χ2n) is 3.26. The van der Waals surface area contributed by atoms with Crippen molar-refractivity contribution in [1.29, 1.82) is 0 Å². The van der Waals surface area contributed by atoms with Crippen LogP contribution in [0.25, 0.3) is 0 Å². The van der Waals surface area contributed by atoms with Crippen LogP contribution in [0.5, 0.6) is 5.75 Å². The van der Waals surface area contributed by atoms with Crippen LogP contribution in [0.1, 0.15) is 24.8 Å². The van der Waals surface area contributed by atoms with Crippen molar-refractivity contribution in [3.8, 4) is 5.75 Å². The van der Waals surface area contributed by atoms with Gasteiger partial charge in [-0.15, -0.1) is 0 Å². The predicted octanol–water partition coefficient (Wildman–Crippen LogP) is 1.86. The number of carboxylic acids is 1. The summed E-state index contributed by atoms with van der Waals surface area (Å²) in [5.41, 5.74) is 6.85. The minimum Gasteiger partial charge on any atom is -0.495 e. The Bertz CT molecular complexity index is 363. The van der Waals surface area contributed by atoms with E-state index in [1.807, 2.05) is 6.92 Å². The fraction of sp³-hybridized carbons (Fsp3) is 0.364. The number of carboxylic acid groups (broad SMARTS) is 1. The minimum absolute atomic E-state index is 0.411. The molecule has 0 radical (unpaired) electrons. The molecule has 1 aromatic rings. The number of hydrogen-bond donors (Lipinski definition) is 2. The Hall–Kier alpha value is -1.71. The molecule has 0 fully saturated rings. The minimum atomic E-state index is -0.863. The van der Waals surface area contributed by atoms with Gasteiger partial charge < -0.3 is 15.6 Å². The molecule has 1 unspecified atom stereocenters. The second kappa shape index (κ2) is 4.68. The highest BCUT2D eigenvalue weighted by Crippen LogP contribution is 2.32. The Morgan fingerprint density at radius 2 is 2.27 bits per heavy atom. The van der Waals surface area contributed by atoms with E-state index in [4.69, 9.17) is 15.6 Å². The molecule has 1 rings (SSSR count). The summed E-state index contributed by atoms with van der Waals surface area (Å²) in [4.78, 5) is 11.0. The third kappa shape index (κ3) is 2.21. The lowest BCUT2D eigenvalue weighted by Gasteiger charge is -2.14. The lowest BCUT2D eigenvalue weighted by Crippen LogP contribution is -2.12. The van der Waals surface area contributed by atoms with Crippen molar-refractivity contribution in [2.45, 2.75) is 19.3 Å². The molecule has 0 aliphatic carbocycles. The lowest BCUT2D eigenvalue weighted by atomic mass is 9.95. The maximum Gasteiger partial charge on any atom is 0.311 e. The van der Waals surface area contributed by atoms with Crippen LogP contribution < -0.4 is 10.5 Å². The van der Waals surface area contributed by atoms with E-state index in [-0.39, 0.29) is 0 Å². The molecule has 0 aromatic heterocycles. The Labute approximate surface area is 88.7 Å². The van der Waals surface area contributed by atoms with Crippen LogP contribution in [0.2, 0.25) is 0 Å². The van der Waals surface area contributed by atoms with Crippen LogP contribution in [0.4, 0.5) is 5.69 Å². The summed E-state index contributed by atoms with van der Waals surface area (Å²) in [5, 5.41) is 9.02. The van der Waals surface area contributed by atoms with Crippen molar-refractivity contribution in [2.75, 3.05) is 12.8 Å². The fourth-order valence-corrected chi connectivity index (χ4v) is 1.57. The van der Waals surface area contributed by atoms with Crippen molar-refractivity contribution in [2.24, 2.45) is 0 Å². The molecule has 0 aliphatic rings. The van der Waals surface area contributed by atoms with Gasteiger partial charge in [-0.25, -0.2) is 0 Å². The summed E-state index contributed by atoms with van der Waals surface area (Å²) < 4.78 is 5.04. The molecule has 0 aliphatic heterocycles. The maximum atomic E-state index is 11.0. The second-order valence-corrected chi connectivity index (χ2v) is 3.26. The van der Waals surface area contributed by atoms with Crippen LogP contribution in [-0.2, 0) is 4.79 Å². The van der Waals surface area contributed by atoms with Gasteiger partial charge in [0.2, 0.25) is 0 Å². The predicted molar refractivity (Wildman–Crippen MR) is 58.1 cm³/mol. The van der Waals surface area contributed by atoms with E-state index >= 15 is 0 Å². The molecule has 0 saturated carbocycles. The first kappa shape index (κ1) is 11.4. The topological polar surface area (TPSA) is 72.5 Å². The summed E-state index contributed by atoms with van der Waals surface area (Å²) in [7, 11) is 1.51. The molecule has 1 aromatic carbocycles. The molecule has 0 saturated heterocycles. The average Bonchev–Trinajstić information content (AvgIpc) is 2.21. The van der Waals surface area contributed by atoms with E-state index in [1.165, 1.54) is 7.11 Å². The summed E-state index contributed by atoms with van der Waals surface area (Å²) in [6, 6.07) is 5.18. The molecule has 4 heteroatoms. The summed E-state index contributed by atoms with van der Waals surface area (Å²) in [6.45, 7) is 1.82. The first-order valence-electron chi connectivity index (χ1n) is 4.77. The number of anilines is 1. The summed E-state index contributed by atoms with van der Waals surface area (Å²) in [6.07, 6.45) is 0.507. The number of hydrogen-bond acceptors (Lipinski definition) is 3. The first-order valence-corrected chi connectivity index (χ1v) is 4.77. The molecule has 1 atom stereocenters. The molecular formula is C11H15NO3. The van der Waals surface area contributed by atoms with E-state index in [0.717, 1.165) is 0 Å². The van der Waals surface area contributed by atoms with Gasteiger partial charge in [0.1, 0.15) is 5.75 Å². The van der Waals surface area contributed by atoms with Crippen LogP contribution >= 0.6 is 0 Å². The summed E-state index contributed by atoms with van der Waals surface area (Å²) in [5.74, 6) is -0.912. The molecule has 0 heterocycles. The number of ether oxygens (including phenoxy) is 1. The molecular weight excluding hydrogens is 194 g/mol. The maximum absolute atomic E-state index is 11.0. The van der Waals surface area contributed by atoms with E-state index in [9.17, 15) is 4.79 Å². The molecule has 15 heavy (non-hydrogen) atoms. The largest absolute Gasteiger partial charge is 0.495 e. The van der Waals surface area contributed by atoms with Gasteiger partial charge in [0.25, 0.3) is 0 Å². The highest BCUT2D eigenvalue weighted by molar-refractivity contribution is 5.79. The van der Waals surface area contributed by atoms with Crippen LogP contribution in [0.15, 0.2) is 18.2 Å². The molecule has 4 nitrogen and oxygen atoms in total. The normalized spacial score (nSPS) is 12.1. The standard InChI is InChI=1S/C11H15NO3/c1-3-7(11(13)14)8-5-4-6-9(15-2)10(8)12/h4-7H,3,12H2,1-2H3,(H,13,14). The third-order valence-electron chi connectivity index (χ3n) is 2.40. The number of rotatable bonds is 4. The van der Waals surface area contributed by atoms with E-state index < -0.39 is 11.9 Å². The number of benzene rings is 1. The van der Waals surface area contributed by atoms with E-state index in [2.05, 4.69) is 0 Å². The Kier molecular flexibility index (Phi) is 3.55. The van der Waals surface area contributed by atoms with Gasteiger partial charge in [-0.2, -0.15) is 0 Å². The lowest BCUT2D eigenvalue weighted by molar-refractivity contribution is -0.138. The number of methoxy groups -OCH3 is 1. The van der Waals surface area contributed by atoms with Gasteiger partial charge in [-0.3, -0.25) is 4.79 Å². The van der Waals surface area contributed by atoms with Gasteiger partial charge in [0, 0.05) is 0 Å². The Morgan fingerprint density at radius 3 is 2.73 bits per heavy atom. The number of para-hydroxylation sites is 1. The highest BCUT2D eigenvalue weighted by atomic mass is 16.5. The molecule has 0 amide bonds. The summed E-state index contributed by atoms with van der Waals surface area (Å²) >= 11 is 0. The van der Waals surface area contributed by atoms with Crippen molar-refractivity contribution in [1.82, 2.24) is 0 Å². The Morgan fingerprint density at radius 1 is 1.60 bits per heavy atom. The van der Waals surface area contributed by atoms with Crippen molar-refractivity contribution in [3.05, 3.63) is 23.8 Å². The Balaban J connectivity index is 3.18. The third-order valence-corrected chi connectivity index (χ3v) is 2.40. The van der Waals surface area contributed by atoms with Gasteiger partial charge in [0.05, 0.1) is 18.7 Å². The first-order chi connectivity index (χ1) is 7.11. The number of carbonyl (C=O) groups is 1. The van der Waals surface area contributed by atoms with Gasteiger partial charge in [0.15, 0.2) is 0 Å². The number of nitrogens with two attached hydrogens (primary N) is 1. The molecule has 3 N–H and O–H groups in total. The molecule has 0 spiro atoms. The van der Waals surface area contributed by atoms with E-state index in [1.54, 1.807) is 18.2 Å². The average molecular weight is 209 g/mol. The van der Waals surface area contributed by atoms with Gasteiger partial charge in [-0.05, 0) is 18.1 Å². The SMILES string of the molecule is CCC(C(=O)O)c1cccc(OC)c1N. The van der Waals surface area contributed by atoms with Crippen molar-refractivity contribution in [3.63, 3.8) is 0 Å². The van der Waals surface area contributed by atoms with E-state index in [0.29, 0.717) is 23.4 Å². The number of aliphatic carboxylic acids is 1. The zero-order valence-electron chi connectivity index (χ0n) is 8.86.